The van der Waals surface area contributed by atoms with E-state index >= 15 is 0 Å². The number of carbonyl (C=O) groups excluding carboxylic acids is 2. The Bertz CT molecular complexity index is 949. The molecule has 3 heterocycles. The number of likely N-dealkylation sites (tertiary alicyclic amines) is 1. The molecule has 2 aliphatic heterocycles. The lowest BCUT2D eigenvalue weighted by molar-refractivity contribution is -0.139. The van der Waals surface area contributed by atoms with Crippen LogP contribution in [0.25, 0.3) is 0 Å². The molecule has 1 unspecified atom stereocenters. The van der Waals surface area contributed by atoms with Gasteiger partial charge in [0.2, 0.25) is 5.91 Å². The van der Waals surface area contributed by atoms with Crippen LogP contribution in [-0.4, -0.2) is 46.1 Å². The van der Waals surface area contributed by atoms with Gasteiger partial charge in [0, 0.05) is 31.9 Å². The molecule has 0 saturated carbocycles. The number of carbonyl (C=O) groups is 2. The molecule has 1 aromatic carbocycles. The number of nitrogens with one attached hydrogen (secondary N) is 1. The third kappa shape index (κ3) is 4.64. The Morgan fingerprint density at radius 2 is 2.03 bits per heavy atom. The standard InChI is InChI=1S/C22H23FN4O3/c23-18-6-4-16(5-7-18)11-20(28)27-10-2-8-22(15-27)12-19(26-30-22)21(29)25-14-17-3-1-9-24-13-17/h1,3-7,9,13H,2,8,10-12,14-15H2,(H,25,29). The second kappa shape index (κ2) is 8.61. The summed E-state index contributed by atoms with van der Waals surface area (Å²) in [4.78, 5) is 36.7. The largest absolute Gasteiger partial charge is 0.386 e. The van der Waals surface area contributed by atoms with Crippen LogP contribution in [0.1, 0.15) is 30.4 Å². The van der Waals surface area contributed by atoms with Crippen LogP contribution in [0.4, 0.5) is 4.39 Å². The summed E-state index contributed by atoms with van der Waals surface area (Å²) >= 11 is 0. The van der Waals surface area contributed by atoms with Gasteiger partial charge in [0.05, 0.1) is 13.0 Å². The number of amides is 2. The van der Waals surface area contributed by atoms with Crippen molar-refractivity contribution < 1.29 is 18.8 Å². The van der Waals surface area contributed by atoms with Crippen molar-refractivity contribution in [1.82, 2.24) is 15.2 Å². The van der Waals surface area contributed by atoms with Crippen molar-refractivity contribution in [3.63, 3.8) is 0 Å². The van der Waals surface area contributed by atoms with Gasteiger partial charge in [-0.3, -0.25) is 14.6 Å². The first-order valence-corrected chi connectivity index (χ1v) is 9.97. The molecule has 2 aromatic rings. The van der Waals surface area contributed by atoms with Crippen molar-refractivity contribution >= 4 is 17.5 Å². The third-order valence-electron chi connectivity index (χ3n) is 5.44. The Kier molecular flexibility index (Phi) is 5.74. The Morgan fingerprint density at radius 3 is 2.80 bits per heavy atom. The minimum Gasteiger partial charge on any atom is -0.386 e. The molecular formula is C22H23FN4O3. The van der Waals surface area contributed by atoms with Gasteiger partial charge in [-0.15, -0.1) is 0 Å². The fraction of sp³-hybridized carbons (Fsp3) is 0.364. The summed E-state index contributed by atoms with van der Waals surface area (Å²) in [6.45, 7) is 1.38. The monoisotopic (exact) mass is 410 g/mol. The van der Waals surface area contributed by atoms with Crippen molar-refractivity contribution in [2.75, 3.05) is 13.1 Å². The van der Waals surface area contributed by atoms with Gasteiger partial charge in [0.1, 0.15) is 11.5 Å². The van der Waals surface area contributed by atoms with E-state index in [1.165, 1.54) is 12.1 Å². The van der Waals surface area contributed by atoms with E-state index < -0.39 is 5.60 Å². The van der Waals surface area contributed by atoms with E-state index in [9.17, 15) is 14.0 Å². The van der Waals surface area contributed by atoms with Gasteiger partial charge in [-0.25, -0.2) is 4.39 Å². The normalized spacial score (nSPS) is 20.6. The Labute approximate surface area is 173 Å². The highest BCUT2D eigenvalue weighted by molar-refractivity contribution is 6.39. The molecule has 30 heavy (non-hydrogen) atoms. The molecule has 1 aromatic heterocycles. The van der Waals surface area contributed by atoms with Crippen molar-refractivity contribution in [3.8, 4) is 0 Å². The van der Waals surface area contributed by atoms with E-state index in [2.05, 4.69) is 15.5 Å². The highest BCUT2D eigenvalue weighted by Crippen LogP contribution is 2.33. The van der Waals surface area contributed by atoms with Gasteiger partial charge in [0.15, 0.2) is 5.60 Å². The van der Waals surface area contributed by atoms with Gasteiger partial charge in [-0.05, 0) is 42.2 Å². The summed E-state index contributed by atoms with van der Waals surface area (Å²) < 4.78 is 13.1. The first-order valence-electron chi connectivity index (χ1n) is 9.97. The number of hydrogen-bond acceptors (Lipinski definition) is 5. The van der Waals surface area contributed by atoms with Crippen LogP contribution >= 0.6 is 0 Å². The fourth-order valence-corrected chi connectivity index (χ4v) is 3.85. The van der Waals surface area contributed by atoms with Crippen LogP contribution in [0.5, 0.6) is 0 Å². The van der Waals surface area contributed by atoms with E-state index in [0.717, 1.165) is 24.0 Å². The number of rotatable bonds is 5. The number of halogens is 1. The van der Waals surface area contributed by atoms with Crippen molar-refractivity contribution in [2.24, 2.45) is 5.16 Å². The smallest absolute Gasteiger partial charge is 0.269 e. The second-order valence-corrected chi connectivity index (χ2v) is 7.76. The number of oxime groups is 1. The molecule has 8 heteroatoms. The Hall–Kier alpha value is -3.29. The van der Waals surface area contributed by atoms with Gasteiger partial charge in [0.25, 0.3) is 5.91 Å². The lowest BCUT2D eigenvalue weighted by Gasteiger charge is -2.38. The molecule has 4 rings (SSSR count). The third-order valence-corrected chi connectivity index (χ3v) is 5.44. The topological polar surface area (TPSA) is 83.9 Å². The molecule has 2 aliphatic rings. The van der Waals surface area contributed by atoms with E-state index in [0.29, 0.717) is 31.8 Å². The summed E-state index contributed by atoms with van der Waals surface area (Å²) in [7, 11) is 0. The summed E-state index contributed by atoms with van der Waals surface area (Å²) in [5.74, 6) is -0.641. The minimum absolute atomic E-state index is 0.0428. The molecule has 1 fully saturated rings. The van der Waals surface area contributed by atoms with Crippen LogP contribution in [0.3, 0.4) is 0 Å². The summed E-state index contributed by atoms with van der Waals surface area (Å²) in [5.41, 5.74) is 1.35. The average molecular weight is 410 g/mol. The van der Waals surface area contributed by atoms with E-state index in [1.54, 1.807) is 29.4 Å². The van der Waals surface area contributed by atoms with Crippen LogP contribution < -0.4 is 5.32 Å². The van der Waals surface area contributed by atoms with Crippen LogP contribution in [0, 0.1) is 5.82 Å². The van der Waals surface area contributed by atoms with Crippen LogP contribution in [0.15, 0.2) is 53.9 Å². The lowest BCUT2D eigenvalue weighted by Crippen LogP contribution is -2.51. The molecule has 1 atom stereocenters. The molecule has 0 radical (unpaired) electrons. The highest BCUT2D eigenvalue weighted by atomic mass is 19.1. The van der Waals surface area contributed by atoms with Crippen LogP contribution in [-0.2, 0) is 27.4 Å². The zero-order valence-corrected chi connectivity index (χ0v) is 16.5. The van der Waals surface area contributed by atoms with Gasteiger partial charge >= 0.3 is 0 Å². The minimum atomic E-state index is -0.655. The van der Waals surface area contributed by atoms with Gasteiger partial charge in [-0.2, -0.15) is 0 Å². The summed E-state index contributed by atoms with van der Waals surface area (Å²) in [6.07, 6.45) is 5.45. The molecule has 2 amide bonds. The van der Waals surface area contributed by atoms with E-state index in [-0.39, 0.29) is 24.1 Å². The molecule has 156 valence electrons. The van der Waals surface area contributed by atoms with Crippen molar-refractivity contribution in [1.29, 1.82) is 0 Å². The van der Waals surface area contributed by atoms with E-state index in [1.807, 2.05) is 12.1 Å². The molecule has 1 saturated heterocycles. The quantitative estimate of drug-likeness (QED) is 0.819. The van der Waals surface area contributed by atoms with Crippen LogP contribution in [0.2, 0.25) is 0 Å². The SMILES string of the molecule is O=C(NCc1cccnc1)C1=NOC2(CCCN(C(=O)Cc3ccc(F)cc3)C2)C1. The maximum absolute atomic E-state index is 13.1. The van der Waals surface area contributed by atoms with Gasteiger partial charge < -0.3 is 15.1 Å². The molecule has 0 bridgehead atoms. The van der Waals surface area contributed by atoms with E-state index in [4.69, 9.17) is 4.84 Å². The number of nitrogens with zero attached hydrogens (tertiary/aromatic N) is 3. The molecule has 1 N–H and O–H groups in total. The summed E-state index contributed by atoms with van der Waals surface area (Å²) in [6, 6.07) is 9.63. The first-order chi connectivity index (χ1) is 14.5. The zero-order valence-electron chi connectivity index (χ0n) is 16.5. The van der Waals surface area contributed by atoms with Gasteiger partial charge in [-0.1, -0.05) is 23.4 Å². The predicted molar refractivity (Wildman–Crippen MR) is 108 cm³/mol. The highest BCUT2D eigenvalue weighted by Gasteiger charge is 2.45. The Balaban J connectivity index is 1.32. The number of benzene rings is 1. The number of piperidine rings is 1. The fourth-order valence-electron chi connectivity index (χ4n) is 3.85. The maximum atomic E-state index is 13.1. The molecule has 7 nitrogen and oxygen atoms in total. The molecule has 1 spiro atoms. The summed E-state index contributed by atoms with van der Waals surface area (Å²) in [5, 5.41) is 6.85. The second-order valence-electron chi connectivity index (χ2n) is 7.76. The van der Waals surface area contributed by atoms with Crippen molar-refractivity contribution in [2.45, 2.75) is 37.8 Å². The number of aromatic nitrogens is 1. The lowest BCUT2D eigenvalue weighted by atomic mass is 9.87. The average Bonchev–Trinajstić information content (AvgIpc) is 3.17. The number of hydrogen-bond donors (Lipinski definition) is 1. The number of pyridine rings is 1. The predicted octanol–water partition coefficient (Wildman–Crippen LogP) is 2.22. The molecular weight excluding hydrogens is 387 g/mol. The zero-order chi connectivity index (χ0) is 21.0. The molecule has 0 aliphatic carbocycles. The maximum Gasteiger partial charge on any atom is 0.269 e. The first kappa shape index (κ1) is 20.0. The van der Waals surface area contributed by atoms with Crippen molar-refractivity contribution in [3.05, 3.63) is 65.7 Å². The Morgan fingerprint density at radius 1 is 1.20 bits per heavy atom.